The average molecular weight is 491 g/mol. The van der Waals surface area contributed by atoms with Gasteiger partial charge in [-0.3, -0.25) is 4.79 Å². The molecule has 3 aromatic rings. The fraction of sp³-hybridized carbons (Fsp3) is 0.259. The molecular formula is C27H30N4O3S. The van der Waals surface area contributed by atoms with Crippen LogP contribution in [0.1, 0.15) is 21.5 Å². The Morgan fingerprint density at radius 3 is 2.49 bits per heavy atom. The van der Waals surface area contributed by atoms with Gasteiger partial charge in [0.15, 0.2) is 0 Å². The number of urea groups is 1. The first-order chi connectivity index (χ1) is 17.0. The summed E-state index contributed by atoms with van der Waals surface area (Å²) in [6.07, 6.45) is 1.99. The van der Waals surface area contributed by atoms with Crippen LogP contribution in [0.25, 0.3) is 0 Å². The van der Waals surface area contributed by atoms with E-state index >= 15 is 0 Å². The molecule has 8 heteroatoms. The number of amides is 3. The first-order valence-electron chi connectivity index (χ1n) is 11.5. The number of hydrogen-bond donors (Lipinski definition) is 3. The van der Waals surface area contributed by atoms with Gasteiger partial charge in [-0.25, -0.2) is 4.79 Å². The van der Waals surface area contributed by atoms with E-state index in [0.717, 1.165) is 16.1 Å². The Labute approximate surface area is 210 Å². The predicted octanol–water partition coefficient (Wildman–Crippen LogP) is 5.13. The van der Waals surface area contributed by atoms with Crippen LogP contribution in [0.15, 0.2) is 71.6 Å². The molecule has 1 heterocycles. The molecule has 35 heavy (non-hydrogen) atoms. The highest BCUT2D eigenvalue weighted by Crippen LogP contribution is 2.29. The maximum atomic E-state index is 12.9. The highest BCUT2D eigenvalue weighted by atomic mass is 32.2. The molecule has 0 bridgehead atoms. The number of thioether (sulfide) groups is 1. The molecule has 0 unspecified atom stereocenters. The van der Waals surface area contributed by atoms with Crippen LogP contribution >= 0.6 is 11.8 Å². The zero-order valence-corrected chi connectivity index (χ0v) is 20.8. The topological polar surface area (TPSA) is 82.7 Å². The number of rotatable bonds is 7. The van der Waals surface area contributed by atoms with Gasteiger partial charge in [0.05, 0.1) is 24.6 Å². The fourth-order valence-electron chi connectivity index (χ4n) is 3.83. The summed E-state index contributed by atoms with van der Waals surface area (Å²) in [6, 6.07) is 20.7. The monoisotopic (exact) mass is 490 g/mol. The molecule has 7 nitrogen and oxygen atoms in total. The number of hydrogen-bond acceptors (Lipinski definition) is 5. The summed E-state index contributed by atoms with van der Waals surface area (Å²) in [5.74, 6) is -0.199. The smallest absolute Gasteiger partial charge is 0.323 e. The highest BCUT2D eigenvalue weighted by Gasteiger charge is 2.18. The second kappa shape index (κ2) is 11.8. The van der Waals surface area contributed by atoms with Crippen molar-refractivity contribution < 1.29 is 14.3 Å². The molecule has 0 saturated carbocycles. The third kappa shape index (κ3) is 6.77. The summed E-state index contributed by atoms with van der Waals surface area (Å²) >= 11 is 1.61. The molecule has 3 N–H and O–H groups in total. The number of nitrogens with zero attached hydrogens (tertiary/aromatic N) is 1. The van der Waals surface area contributed by atoms with E-state index in [1.54, 1.807) is 23.9 Å². The molecule has 1 aliphatic heterocycles. The Hall–Kier alpha value is -3.49. The van der Waals surface area contributed by atoms with E-state index < -0.39 is 0 Å². The van der Waals surface area contributed by atoms with E-state index in [1.165, 1.54) is 5.56 Å². The minimum atomic E-state index is -0.366. The molecule has 0 aliphatic carbocycles. The van der Waals surface area contributed by atoms with Crippen LogP contribution in [-0.2, 0) is 11.3 Å². The van der Waals surface area contributed by atoms with Gasteiger partial charge in [0.2, 0.25) is 0 Å². The lowest BCUT2D eigenvalue weighted by molar-refractivity contribution is 0.0951. The molecule has 1 saturated heterocycles. The normalized spacial score (nSPS) is 13.3. The highest BCUT2D eigenvalue weighted by molar-refractivity contribution is 7.98. The second-order valence-electron chi connectivity index (χ2n) is 8.31. The molecule has 182 valence electrons. The third-order valence-corrected chi connectivity index (χ3v) is 6.49. The average Bonchev–Trinajstić information content (AvgIpc) is 2.88. The van der Waals surface area contributed by atoms with Crippen molar-refractivity contribution in [2.45, 2.75) is 18.4 Å². The Morgan fingerprint density at radius 1 is 0.971 bits per heavy atom. The van der Waals surface area contributed by atoms with Crippen molar-refractivity contribution in [1.82, 2.24) is 5.32 Å². The number of morpholine rings is 1. The molecule has 0 aromatic heterocycles. The quantitative estimate of drug-likeness (QED) is 0.400. The SMILES string of the molecule is CSc1cccc(NC(=O)Nc2cc(C(=O)NCc3ccc(C)cc3)ccc2N2CCOCC2)c1. The molecule has 1 aliphatic rings. The standard InChI is InChI=1S/C27H30N4O3S/c1-19-6-8-20(9-7-19)18-28-26(32)21-10-11-25(31-12-14-34-15-13-31)24(16-21)30-27(33)29-22-4-3-5-23(17-22)35-2/h3-11,16-17H,12-15,18H2,1-2H3,(H,28,32)(H2,29,30,33). The Bertz CT molecular complexity index is 1180. The van der Waals surface area contributed by atoms with Crippen LogP contribution in [0.2, 0.25) is 0 Å². The van der Waals surface area contributed by atoms with Gasteiger partial charge in [-0.1, -0.05) is 35.9 Å². The summed E-state index contributed by atoms with van der Waals surface area (Å²) in [5, 5.41) is 8.80. The predicted molar refractivity (Wildman–Crippen MR) is 143 cm³/mol. The van der Waals surface area contributed by atoms with Gasteiger partial charge >= 0.3 is 6.03 Å². The van der Waals surface area contributed by atoms with E-state index in [9.17, 15) is 9.59 Å². The molecule has 4 rings (SSSR count). The second-order valence-corrected chi connectivity index (χ2v) is 9.19. The number of benzene rings is 3. The Kier molecular flexibility index (Phi) is 8.28. The number of aryl methyl sites for hydroxylation is 1. The van der Waals surface area contributed by atoms with Crippen molar-refractivity contribution in [2.75, 3.05) is 48.1 Å². The minimum Gasteiger partial charge on any atom is -0.378 e. The van der Waals surface area contributed by atoms with Gasteiger partial charge in [0.1, 0.15) is 0 Å². The molecule has 3 amide bonds. The lowest BCUT2D eigenvalue weighted by atomic mass is 10.1. The van der Waals surface area contributed by atoms with Crippen LogP contribution in [0.4, 0.5) is 21.9 Å². The van der Waals surface area contributed by atoms with Gasteiger partial charge in [-0.05, 0) is 55.1 Å². The molecule has 0 atom stereocenters. The molecule has 0 radical (unpaired) electrons. The van der Waals surface area contributed by atoms with Crippen molar-refractivity contribution in [3.05, 3.63) is 83.4 Å². The largest absolute Gasteiger partial charge is 0.378 e. The van der Waals surface area contributed by atoms with E-state index in [2.05, 4.69) is 20.9 Å². The van der Waals surface area contributed by atoms with Gasteiger partial charge in [0, 0.05) is 35.8 Å². The fourth-order valence-corrected chi connectivity index (χ4v) is 4.29. The van der Waals surface area contributed by atoms with Crippen LogP contribution < -0.4 is 20.9 Å². The summed E-state index contributed by atoms with van der Waals surface area (Å²) in [4.78, 5) is 29.0. The lowest BCUT2D eigenvalue weighted by Crippen LogP contribution is -2.37. The first-order valence-corrected chi connectivity index (χ1v) is 12.8. The van der Waals surface area contributed by atoms with Crippen molar-refractivity contribution in [2.24, 2.45) is 0 Å². The molecule has 0 spiro atoms. The lowest BCUT2D eigenvalue weighted by Gasteiger charge is -2.30. The summed E-state index contributed by atoms with van der Waals surface area (Å²) in [5.41, 5.74) is 4.82. The zero-order valence-electron chi connectivity index (χ0n) is 20.0. The first kappa shape index (κ1) is 24.6. The number of ether oxygens (including phenoxy) is 1. The number of anilines is 3. The van der Waals surface area contributed by atoms with Gasteiger partial charge in [-0.15, -0.1) is 11.8 Å². The van der Waals surface area contributed by atoms with E-state index in [-0.39, 0.29) is 11.9 Å². The summed E-state index contributed by atoms with van der Waals surface area (Å²) in [6.45, 7) is 5.12. The third-order valence-electron chi connectivity index (χ3n) is 5.76. The minimum absolute atomic E-state index is 0.199. The molecular weight excluding hydrogens is 460 g/mol. The van der Waals surface area contributed by atoms with Crippen molar-refractivity contribution in [3.63, 3.8) is 0 Å². The zero-order chi connectivity index (χ0) is 24.6. The van der Waals surface area contributed by atoms with Gasteiger partial charge in [-0.2, -0.15) is 0 Å². The van der Waals surface area contributed by atoms with Crippen LogP contribution in [0, 0.1) is 6.92 Å². The van der Waals surface area contributed by atoms with E-state index in [0.29, 0.717) is 49.8 Å². The number of carbonyl (C=O) groups is 2. The van der Waals surface area contributed by atoms with E-state index in [1.807, 2.05) is 67.8 Å². The van der Waals surface area contributed by atoms with Crippen LogP contribution in [0.3, 0.4) is 0 Å². The molecule has 3 aromatic carbocycles. The van der Waals surface area contributed by atoms with Crippen molar-refractivity contribution >= 4 is 40.8 Å². The number of nitrogens with one attached hydrogen (secondary N) is 3. The van der Waals surface area contributed by atoms with Gasteiger partial charge < -0.3 is 25.6 Å². The summed E-state index contributed by atoms with van der Waals surface area (Å²) in [7, 11) is 0. The Balaban J connectivity index is 1.51. The summed E-state index contributed by atoms with van der Waals surface area (Å²) < 4.78 is 5.48. The maximum Gasteiger partial charge on any atom is 0.323 e. The van der Waals surface area contributed by atoms with Crippen molar-refractivity contribution in [3.8, 4) is 0 Å². The van der Waals surface area contributed by atoms with E-state index in [4.69, 9.17) is 4.74 Å². The Morgan fingerprint density at radius 2 is 1.74 bits per heavy atom. The van der Waals surface area contributed by atoms with Crippen LogP contribution in [-0.4, -0.2) is 44.5 Å². The maximum absolute atomic E-state index is 12.9. The van der Waals surface area contributed by atoms with Crippen LogP contribution in [0.5, 0.6) is 0 Å². The van der Waals surface area contributed by atoms with Crippen molar-refractivity contribution in [1.29, 1.82) is 0 Å². The molecule has 1 fully saturated rings. The number of carbonyl (C=O) groups excluding carboxylic acids is 2. The van der Waals surface area contributed by atoms with Gasteiger partial charge in [0.25, 0.3) is 5.91 Å².